The lowest BCUT2D eigenvalue weighted by atomic mass is 9.80. The van der Waals surface area contributed by atoms with E-state index in [1.165, 1.54) is 6.42 Å². The van der Waals surface area contributed by atoms with Crippen molar-refractivity contribution in [1.29, 1.82) is 0 Å². The van der Waals surface area contributed by atoms with Crippen LogP contribution >= 0.6 is 0 Å². The Kier molecular flexibility index (Phi) is 5.49. The predicted molar refractivity (Wildman–Crippen MR) is 96.3 cm³/mol. The van der Waals surface area contributed by atoms with Crippen LogP contribution in [0.25, 0.3) is 13.2 Å². The molecule has 4 nitrogen and oxygen atoms in total. The van der Waals surface area contributed by atoms with E-state index in [0.29, 0.717) is 22.5 Å². The van der Waals surface area contributed by atoms with E-state index in [9.17, 15) is 9.90 Å². The molecule has 1 aliphatic rings. The van der Waals surface area contributed by atoms with E-state index in [2.05, 4.69) is 18.1 Å². The molecule has 1 unspecified atom stereocenters. The van der Waals surface area contributed by atoms with Crippen LogP contribution in [-0.2, 0) is 9.53 Å². The first kappa shape index (κ1) is 18.7. The maximum atomic E-state index is 12.0. The molecule has 0 amide bonds. The van der Waals surface area contributed by atoms with Crippen LogP contribution in [0, 0.1) is 6.92 Å². The van der Waals surface area contributed by atoms with E-state index in [1.54, 1.807) is 0 Å². The molecule has 1 saturated carbocycles. The van der Waals surface area contributed by atoms with Gasteiger partial charge in [-0.2, -0.15) is 0 Å². The van der Waals surface area contributed by atoms with Crippen molar-refractivity contribution in [2.75, 3.05) is 0 Å². The number of carbonyl (C=O) groups is 1. The Hall–Kier alpha value is -1.68. The van der Waals surface area contributed by atoms with Gasteiger partial charge in [0.25, 0.3) is 0 Å². The molecule has 1 atom stereocenters. The zero-order valence-electron chi connectivity index (χ0n) is 15.3. The second-order valence-electron chi connectivity index (χ2n) is 7.73. The summed E-state index contributed by atoms with van der Waals surface area (Å²) < 4.78 is 5.90. The summed E-state index contributed by atoms with van der Waals surface area (Å²) in [6, 6.07) is 0. The molecule has 24 heavy (non-hydrogen) atoms. The molecule has 4 heteroatoms. The van der Waals surface area contributed by atoms with Gasteiger partial charge in [0.15, 0.2) is 6.10 Å². The maximum Gasteiger partial charge on any atom is 0.337 e. The average molecular weight is 331 g/mol. The minimum Gasteiger partial charge on any atom is -0.479 e. The molecule has 0 aromatic carbocycles. The SMILES string of the molecule is C=c1nc(C)c(C(OC(C)(C)C)C(=O)O)c(C2CCCCC2)c1=C. The highest BCUT2D eigenvalue weighted by molar-refractivity contribution is 5.75. The van der Waals surface area contributed by atoms with Crippen molar-refractivity contribution < 1.29 is 14.6 Å². The lowest BCUT2D eigenvalue weighted by Gasteiger charge is -2.31. The number of hydrogen-bond donors (Lipinski definition) is 1. The predicted octanol–water partition coefficient (Wildman–Crippen LogP) is 3.20. The monoisotopic (exact) mass is 331 g/mol. The van der Waals surface area contributed by atoms with Gasteiger partial charge in [-0.3, -0.25) is 4.98 Å². The third kappa shape index (κ3) is 4.04. The first-order valence-corrected chi connectivity index (χ1v) is 8.70. The molecular weight excluding hydrogens is 302 g/mol. The Balaban J connectivity index is 2.66. The molecule has 0 saturated heterocycles. The number of carboxylic acid groups (broad SMARTS) is 1. The van der Waals surface area contributed by atoms with Gasteiger partial charge in [0.2, 0.25) is 0 Å². The maximum absolute atomic E-state index is 12.0. The molecule has 132 valence electrons. The van der Waals surface area contributed by atoms with Crippen LogP contribution in [0.5, 0.6) is 0 Å². The Labute approximate surface area is 144 Å². The second-order valence-corrected chi connectivity index (χ2v) is 7.73. The van der Waals surface area contributed by atoms with Crippen LogP contribution in [0.2, 0.25) is 0 Å². The molecule has 0 aliphatic heterocycles. The normalized spacial score (nSPS) is 17.7. The first-order valence-electron chi connectivity index (χ1n) is 8.70. The number of pyridine rings is 1. The van der Waals surface area contributed by atoms with E-state index in [4.69, 9.17) is 4.74 Å². The number of aromatic nitrogens is 1. The van der Waals surface area contributed by atoms with Crippen LogP contribution in [0.15, 0.2) is 0 Å². The van der Waals surface area contributed by atoms with E-state index in [0.717, 1.165) is 36.5 Å². The van der Waals surface area contributed by atoms with Gasteiger partial charge in [0, 0.05) is 11.3 Å². The summed E-state index contributed by atoms with van der Waals surface area (Å²) in [4.78, 5) is 16.4. The highest BCUT2D eigenvalue weighted by atomic mass is 16.5. The van der Waals surface area contributed by atoms with Crippen molar-refractivity contribution in [2.45, 2.75) is 77.4 Å². The molecule has 1 heterocycles. The van der Waals surface area contributed by atoms with Crippen molar-refractivity contribution in [2.24, 2.45) is 0 Å². The van der Waals surface area contributed by atoms with E-state index in [-0.39, 0.29) is 0 Å². The standard InChI is InChI=1S/C20H29NO3/c1-12-13(2)21-14(3)17(16(12)15-10-8-7-9-11-15)18(19(22)23)24-20(4,5)6/h15,18H,1-2,7-11H2,3-6H3,(H,22,23). The van der Waals surface area contributed by atoms with Gasteiger partial charge in [-0.1, -0.05) is 32.4 Å². The number of ether oxygens (including phenoxy) is 1. The van der Waals surface area contributed by atoms with Crippen LogP contribution < -0.4 is 10.6 Å². The van der Waals surface area contributed by atoms with E-state index < -0.39 is 17.7 Å². The number of aryl methyl sites for hydroxylation is 1. The summed E-state index contributed by atoms with van der Waals surface area (Å²) in [5.41, 5.74) is 1.80. The summed E-state index contributed by atoms with van der Waals surface area (Å²) >= 11 is 0. The molecule has 1 aromatic rings. The summed E-state index contributed by atoms with van der Waals surface area (Å²) in [5, 5.41) is 11.2. The minimum atomic E-state index is -1.03. The van der Waals surface area contributed by atoms with Crippen molar-refractivity contribution in [3.8, 4) is 0 Å². The molecule has 0 radical (unpaired) electrons. The van der Waals surface area contributed by atoms with Gasteiger partial charge in [-0.15, -0.1) is 0 Å². The Morgan fingerprint density at radius 3 is 2.33 bits per heavy atom. The van der Waals surface area contributed by atoms with Crippen LogP contribution in [0.1, 0.15) is 81.7 Å². The quantitative estimate of drug-likeness (QED) is 0.920. The van der Waals surface area contributed by atoms with Gasteiger partial charge >= 0.3 is 5.97 Å². The van der Waals surface area contributed by atoms with Gasteiger partial charge in [-0.05, 0) is 57.2 Å². The average Bonchev–Trinajstić information content (AvgIpc) is 2.48. The van der Waals surface area contributed by atoms with E-state index in [1.807, 2.05) is 27.7 Å². The number of nitrogens with zero attached hydrogens (tertiary/aromatic N) is 1. The number of rotatable bonds is 4. The van der Waals surface area contributed by atoms with Gasteiger partial charge < -0.3 is 9.84 Å². The Morgan fingerprint density at radius 1 is 1.25 bits per heavy atom. The third-order valence-corrected chi connectivity index (χ3v) is 4.63. The van der Waals surface area contributed by atoms with E-state index >= 15 is 0 Å². The number of aliphatic carboxylic acids is 1. The fraction of sp³-hybridized carbons (Fsp3) is 0.600. The topological polar surface area (TPSA) is 59.4 Å². The lowest BCUT2D eigenvalue weighted by Crippen LogP contribution is -2.37. The van der Waals surface area contributed by atoms with Crippen molar-refractivity contribution in [3.05, 3.63) is 27.4 Å². The largest absolute Gasteiger partial charge is 0.479 e. The van der Waals surface area contributed by atoms with Gasteiger partial charge in [-0.25, -0.2) is 4.79 Å². The number of carboxylic acids is 1. The molecule has 2 rings (SSSR count). The molecule has 1 aliphatic carbocycles. The van der Waals surface area contributed by atoms with Gasteiger partial charge in [0.05, 0.1) is 11.0 Å². The molecule has 1 N–H and O–H groups in total. The smallest absolute Gasteiger partial charge is 0.337 e. The zero-order valence-corrected chi connectivity index (χ0v) is 15.3. The van der Waals surface area contributed by atoms with Gasteiger partial charge in [0.1, 0.15) is 0 Å². The number of hydrogen-bond acceptors (Lipinski definition) is 3. The summed E-state index contributed by atoms with van der Waals surface area (Å²) in [6.07, 6.45) is 4.64. The zero-order chi connectivity index (χ0) is 18.1. The fourth-order valence-electron chi connectivity index (χ4n) is 3.62. The Bertz CT molecular complexity index is 712. The van der Waals surface area contributed by atoms with Crippen molar-refractivity contribution in [3.63, 3.8) is 0 Å². The second kappa shape index (κ2) is 7.06. The van der Waals surface area contributed by atoms with Crippen LogP contribution in [0.3, 0.4) is 0 Å². The first-order chi connectivity index (χ1) is 11.1. The molecule has 0 spiro atoms. The molecule has 1 aromatic heterocycles. The molecule has 0 bridgehead atoms. The highest BCUT2D eigenvalue weighted by Gasteiger charge is 2.33. The highest BCUT2D eigenvalue weighted by Crippen LogP contribution is 2.37. The summed E-state index contributed by atoms with van der Waals surface area (Å²) in [7, 11) is 0. The minimum absolute atomic E-state index is 0.314. The van der Waals surface area contributed by atoms with Crippen LogP contribution in [-0.4, -0.2) is 21.7 Å². The van der Waals surface area contributed by atoms with Crippen LogP contribution in [0.4, 0.5) is 0 Å². The lowest BCUT2D eigenvalue weighted by molar-refractivity contribution is -0.160. The third-order valence-electron chi connectivity index (χ3n) is 4.63. The van der Waals surface area contributed by atoms with Crippen molar-refractivity contribution in [1.82, 2.24) is 4.98 Å². The molecule has 1 fully saturated rings. The Morgan fingerprint density at radius 2 is 1.83 bits per heavy atom. The molecular formula is C20H29NO3. The summed E-state index contributed by atoms with van der Waals surface area (Å²) in [6.45, 7) is 15.6. The summed E-state index contributed by atoms with van der Waals surface area (Å²) in [5.74, 6) is -0.669. The van der Waals surface area contributed by atoms with Crippen molar-refractivity contribution >= 4 is 19.1 Å². The fourth-order valence-corrected chi connectivity index (χ4v) is 3.62.